The molecule has 0 nitrogen and oxygen atoms in total. The van der Waals surface area contributed by atoms with Gasteiger partial charge in [0.25, 0.3) is 0 Å². The van der Waals surface area contributed by atoms with Crippen LogP contribution in [0.4, 0.5) is 0 Å². The second-order valence-electron chi connectivity index (χ2n) is 7.78. The highest BCUT2D eigenvalue weighted by Gasteiger charge is 2.26. The first-order valence-corrected chi connectivity index (χ1v) is 11.5. The first-order chi connectivity index (χ1) is 12.6. The van der Waals surface area contributed by atoms with Crippen molar-refractivity contribution in [3.8, 4) is 0 Å². The van der Waals surface area contributed by atoms with Crippen LogP contribution >= 0.6 is 0 Å². The highest BCUT2D eigenvalue weighted by Crippen LogP contribution is 2.38. The Kier molecular flexibility index (Phi) is 6.32. The highest BCUT2D eigenvalue weighted by atomic mass is 28.2. The lowest BCUT2D eigenvalue weighted by Gasteiger charge is -2.16. The molecule has 0 N–H and O–H groups in total. The molecule has 0 bridgehead atoms. The molecule has 0 saturated heterocycles. The van der Waals surface area contributed by atoms with Crippen LogP contribution in [0.15, 0.2) is 76.5 Å². The second kappa shape index (κ2) is 8.68. The average Bonchev–Trinajstić information content (AvgIpc) is 2.86. The maximum atomic E-state index is 2.43. The molecule has 26 heavy (non-hydrogen) atoms. The molecule has 0 aliphatic heterocycles. The lowest BCUT2D eigenvalue weighted by atomic mass is 9.94. The predicted octanol–water partition coefficient (Wildman–Crippen LogP) is 5.31. The summed E-state index contributed by atoms with van der Waals surface area (Å²) in [4.78, 5) is 0. The summed E-state index contributed by atoms with van der Waals surface area (Å²) in [6.45, 7) is 9.37. The van der Waals surface area contributed by atoms with Crippen molar-refractivity contribution in [3.05, 3.63) is 87.6 Å². The Labute approximate surface area is 161 Å². The van der Waals surface area contributed by atoms with E-state index in [1.165, 1.54) is 30.4 Å². The zero-order valence-electron chi connectivity index (χ0n) is 16.8. The fourth-order valence-corrected chi connectivity index (χ4v) is 6.18. The average molecular weight is 361 g/mol. The van der Waals surface area contributed by atoms with E-state index in [4.69, 9.17) is 0 Å². The van der Waals surface area contributed by atoms with Gasteiger partial charge in [0.2, 0.25) is 0 Å². The number of hydrogen-bond donors (Lipinski definition) is 0. The first kappa shape index (κ1) is 18.9. The van der Waals surface area contributed by atoms with Crippen molar-refractivity contribution >= 4 is 14.7 Å². The summed E-state index contributed by atoms with van der Waals surface area (Å²) in [5.41, 5.74) is 7.70. The molecule has 2 aromatic rings. The van der Waals surface area contributed by atoms with Crippen molar-refractivity contribution in [2.75, 3.05) is 0 Å². The molecule has 0 saturated carbocycles. The van der Waals surface area contributed by atoms with Crippen LogP contribution < -0.4 is 5.19 Å². The molecular formula is C25H32Si. The topological polar surface area (TPSA) is 0 Å². The van der Waals surface area contributed by atoms with Gasteiger partial charge in [-0.05, 0) is 55.7 Å². The SMILES string of the molecule is CCCCc1ccc(CC2=C(C)C(C)=C([SiH2]c3ccccc3)C2C)cc1. The summed E-state index contributed by atoms with van der Waals surface area (Å²) in [5, 5.41) is 3.30. The minimum Gasteiger partial charge on any atom is -0.0728 e. The van der Waals surface area contributed by atoms with Gasteiger partial charge >= 0.3 is 0 Å². The quantitative estimate of drug-likeness (QED) is 0.587. The zero-order valence-corrected chi connectivity index (χ0v) is 18.2. The van der Waals surface area contributed by atoms with Gasteiger partial charge < -0.3 is 0 Å². The molecule has 0 aromatic heterocycles. The van der Waals surface area contributed by atoms with E-state index in [0.717, 1.165) is 6.42 Å². The normalized spacial score (nSPS) is 17.8. The van der Waals surface area contributed by atoms with Crippen LogP contribution in [-0.2, 0) is 12.8 Å². The summed E-state index contributed by atoms with van der Waals surface area (Å²) in [7, 11) is -0.361. The maximum Gasteiger partial charge on any atom is 0.0835 e. The lowest BCUT2D eigenvalue weighted by molar-refractivity contribution is 0.793. The molecule has 0 heterocycles. The summed E-state index contributed by atoms with van der Waals surface area (Å²) >= 11 is 0. The number of benzene rings is 2. The molecule has 0 spiro atoms. The van der Waals surface area contributed by atoms with Crippen molar-refractivity contribution in [2.45, 2.75) is 53.4 Å². The lowest BCUT2D eigenvalue weighted by Crippen LogP contribution is -2.20. The number of hydrogen-bond acceptors (Lipinski definition) is 0. The Morgan fingerprint density at radius 1 is 0.846 bits per heavy atom. The molecule has 0 amide bonds. The Morgan fingerprint density at radius 2 is 1.50 bits per heavy atom. The maximum absolute atomic E-state index is 2.43. The molecule has 1 aliphatic rings. The van der Waals surface area contributed by atoms with E-state index in [0.29, 0.717) is 5.92 Å². The van der Waals surface area contributed by atoms with Gasteiger partial charge in [-0.15, -0.1) is 0 Å². The number of rotatable bonds is 7. The van der Waals surface area contributed by atoms with E-state index in [1.54, 1.807) is 27.1 Å². The fourth-order valence-electron chi connectivity index (χ4n) is 4.15. The van der Waals surface area contributed by atoms with E-state index in [1.807, 2.05) is 0 Å². The van der Waals surface area contributed by atoms with E-state index < -0.39 is 0 Å². The molecule has 136 valence electrons. The Balaban J connectivity index is 1.71. The summed E-state index contributed by atoms with van der Waals surface area (Å²) < 4.78 is 0. The number of aryl methyl sites for hydroxylation is 1. The smallest absolute Gasteiger partial charge is 0.0728 e. The van der Waals surface area contributed by atoms with Gasteiger partial charge in [0, 0.05) is 0 Å². The van der Waals surface area contributed by atoms with Crippen molar-refractivity contribution in [1.29, 1.82) is 0 Å². The Hall–Kier alpha value is -1.86. The molecule has 1 aliphatic carbocycles. The van der Waals surface area contributed by atoms with Crippen molar-refractivity contribution in [2.24, 2.45) is 5.92 Å². The minimum absolute atomic E-state index is 0.361. The van der Waals surface area contributed by atoms with Crippen LogP contribution in [0.3, 0.4) is 0 Å². The van der Waals surface area contributed by atoms with Gasteiger partial charge in [-0.25, -0.2) is 0 Å². The van der Waals surface area contributed by atoms with Gasteiger partial charge in [-0.1, -0.05) is 96.4 Å². The monoisotopic (exact) mass is 360 g/mol. The summed E-state index contributed by atoms with van der Waals surface area (Å²) in [5.74, 6) is 0.613. The zero-order chi connectivity index (χ0) is 18.5. The molecule has 1 unspecified atom stereocenters. The molecule has 1 heteroatoms. The van der Waals surface area contributed by atoms with Crippen LogP contribution in [0.25, 0.3) is 0 Å². The predicted molar refractivity (Wildman–Crippen MR) is 118 cm³/mol. The molecule has 2 aromatic carbocycles. The summed E-state index contributed by atoms with van der Waals surface area (Å²) in [6.07, 6.45) is 4.87. The number of unbranched alkanes of at least 4 members (excludes halogenated alkanes) is 1. The minimum atomic E-state index is -0.361. The van der Waals surface area contributed by atoms with Crippen LogP contribution in [0.1, 0.15) is 51.7 Å². The van der Waals surface area contributed by atoms with Crippen molar-refractivity contribution in [1.82, 2.24) is 0 Å². The van der Waals surface area contributed by atoms with Gasteiger partial charge in [-0.2, -0.15) is 0 Å². The second-order valence-corrected chi connectivity index (χ2v) is 9.71. The standard InChI is InChI=1S/C25H32Si/c1-5-6-10-21-13-15-22(16-14-21)17-24-18(2)19(3)25(20(24)4)26-23-11-8-7-9-12-23/h7-9,11-16,20H,5-6,10,17,26H2,1-4H3. The summed E-state index contributed by atoms with van der Waals surface area (Å²) in [6, 6.07) is 20.5. The van der Waals surface area contributed by atoms with Crippen molar-refractivity contribution in [3.63, 3.8) is 0 Å². The molecule has 0 radical (unpaired) electrons. The molecule has 1 atom stereocenters. The molecular weight excluding hydrogens is 328 g/mol. The molecule has 3 rings (SSSR count). The van der Waals surface area contributed by atoms with Crippen LogP contribution in [0.2, 0.25) is 0 Å². The van der Waals surface area contributed by atoms with E-state index in [-0.39, 0.29) is 9.52 Å². The Bertz CT molecular complexity index is 794. The number of allylic oxidation sites excluding steroid dienone is 4. The van der Waals surface area contributed by atoms with E-state index in [9.17, 15) is 0 Å². The van der Waals surface area contributed by atoms with Crippen LogP contribution in [0, 0.1) is 5.92 Å². The van der Waals surface area contributed by atoms with Gasteiger partial charge in [0.1, 0.15) is 0 Å². The van der Waals surface area contributed by atoms with Gasteiger partial charge in [0.05, 0.1) is 9.52 Å². The van der Waals surface area contributed by atoms with Crippen LogP contribution in [-0.4, -0.2) is 9.52 Å². The molecule has 0 fully saturated rings. The third-order valence-electron chi connectivity index (χ3n) is 6.05. The first-order valence-electron chi connectivity index (χ1n) is 10.1. The fraction of sp³-hybridized carbons (Fsp3) is 0.360. The van der Waals surface area contributed by atoms with E-state index >= 15 is 0 Å². The third-order valence-corrected chi connectivity index (χ3v) is 8.45. The highest BCUT2D eigenvalue weighted by molar-refractivity contribution is 6.61. The Morgan fingerprint density at radius 3 is 2.15 bits per heavy atom. The van der Waals surface area contributed by atoms with E-state index in [2.05, 4.69) is 82.3 Å². The largest absolute Gasteiger partial charge is 0.0835 e. The van der Waals surface area contributed by atoms with Gasteiger partial charge in [-0.3, -0.25) is 0 Å². The van der Waals surface area contributed by atoms with Crippen molar-refractivity contribution < 1.29 is 0 Å². The third kappa shape index (κ3) is 4.27. The van der Waals surface area contributed by atoms with Crippen LogP contribution in [0.5, 0.6) is 0 Å². The van der Waals surface area contributed by atoms with Gasteiger partial charge in [0.15, 0.2) is 0 Å².